The molecule has 0 aromatic heterocycles. The van der Waals surface area contributed by atoms with Crippen LogP contribution in [-0.4, -0.2) is 50.9 Å². The van der Waals surface area contributed by atoms with Gasteiger partial charge in [-0.25, -0.2) is 0 Å². The van der Waals surface area contributed by atoms with E-state index in [4.69, 9.17) is 0 Å². The van der Waals surface area contributed by atoms with E-state index in [1.807, 2.05) is 4.90 Å². The number of fused-ring (bicyclic) bond motifs is 1. The van der Waals surface area contributed by atoms with Gasteiger partial charge in [0.1, 0.15) is 16.7 Å². The van der Waals surface area contributed by atoms with Crippen molar-refractivity contribution in [2.45, 2.75) is 23.9 Å². The molecule has 0 radical (unpaired) electrons. The molecule has 1 fully saturated rings. The monoisotopic (exact) mass is 492 g/mol. The Morgan fingerprint density at radius 1 is 1.21 bits per heavy atom. The Morgan fingerprint density at radius 2 is 1.91 bits per heavy atom. The number of ether oxygens (including phenoxy) is 1. The molecular formula is C22H19F3N4O4S. The molecule has 34 heavy (non-hydrogen) atoms. The van der Waals surface area contributed by atoms with Gasteiger partial charge in [-0.2, -0.15) is 26.9 Å². The van der Waals surface area contributed by atoms with Crippen LogP contribution in [0.4, 0.5) is 18.9 Å². The summed E-state index contributed by atoms with van der Waals surface area (Å²) in [6.45, 7) is -0.675. The summed E-state index contributed by atoms with van der Waals surface area (Å²) in [6, 6.07) is 12.2. The molecule has 2 aromatic carbocycles. The Kier molecular flexibility index (Phi) is 6.22. The van der Waals surface area contributed by atoms with Gasteiger partial charge in [0.2, 0.25) is 5.91 Å². The van der Waals surface area contributed by atoms with Gasteiger partial charge in [0, 0.05) is 30.3 Å². The number of nitrogens with zero attached hydrogens (tertiary/aromatic N) is 3. The largest absolute Gasteiger partial charge is 0.483 e. The van der Waals surface area contributed by atoms with Gasteiger partial charge in [-0.15, -0.1) is 4.40 Å². The standard InChI is InChI=1S/C22H19F3N4O4S/c23-22(24,25)13-33-18-6-5-16(11-15(18)12-26)27-21(30)14-7-9-29(10-8-14)20-17-3-1-2-4-19(17)34(31,32)28-20/h1-6,11,14H,7-10,13H2,(H,27,30). The minimum Gasteiger partial charge on any atom is -0.483 e. The number of benzene rings is 2. The highest BCUT2D eigenvalue weighted by Crippen LogP contribution is 2.30. The third kappa shape index (κ3) is 4.99. The molecule has 4 rings (SSSR count). The molecular weight excluding hydrogens is 473 g/mol. The van der Waals surface area contributed by atoms with Crippen LogP contribution in [0.2, 0.25) is 0 Å². The number of amides is 1. The lowest BCUT2D eigenvalue weighted by Gasteiger charge is -2.32. The first-order valence-corrected chi connectivity index (χ1v) is 11.8. The quantitative estimate of drug-likeness (QED) is 0.701. The molecule has 1 N–H and O–H groups in total. The Labute approximate surface area is 193 Å². The maximum absolute atomic E-state index is 12.7. The second kappa shape index (κ2) is 8.98. The molecule has 0 bridgehead atoms. The minimum atomic E-state index is -4.54. The van der Waals surface area contributed by atoms with Crippen molar-refractivity contribution in [2.24, 2.45) is 10.3 Å². The van der Waals surface area contributed by atoms with Crippen LogP contribution in [0.25, 0.3) is 0 Å². The second-order valence-electron chi connectivity index (χ2n) is 7.86. The van der Waals surface area contributed by atoms with Gasteiger partial charge in [-0.1, -0.05) is 12.1 Å². The number of rotatable bonds is 4. The highest BCUT2D eigenvalue weighted by atomic mass is 32.2. The summed E-state index contributed by atoms with van der Waals surface area (Å²) in [5.41, 5.74) is 0.682. The summed E-state index contributed by atoms with van der Waals surface area (Å²) in [4.78, 5) is 14.7. The SMILES string of the molecule is N#Cc1cc(NC(=O)C2CCN(C3=NS(=O)(=O)c4ccccc43)CC2)ccc1OCC(F)(F)F. The number of alkyl halides is 3. The molecule has 2 aliphatic heterocycles. The smallest absolute Gasteiger partial charge is 0.422 e. The van der Waals surface area contributed by atoms with Gasteiger partial charge < -0.3 is 15.0 Å². The number of nitrogens with one attached hydrogen (secondary N) is 1. The Bertz CT molecular complexity index is 1290. The summed E-state index contributed by atoms with van der Waals surface area (Å²) < 4.78 is 70.2. The van der Waals surface area contributed by atoms with Crippen molar-refractivity contribution in [2.75, 3.05) is 25.0 Å². The molecule has 12 heteroatoms. The van der Waals surface area contributed by atoms with Crippen LogP contribution in [0, 0.1) is 17.2 Å². The van der Waals surface area contributed by atoms with Crippen LogP contribution in [0.5, 0.6) is 5.75 Å². The van der Waals surface area contributed by atoms with Crippen LogP contribution in [0.3, 0.4) is 0 Å². The zero-order chi connectivity index (χ0) is 24.5. The van der Waals surface area contributed by atoms with Gasteiger partial charge in [0.25, 0.3) is 10.0 Å². The van der Waals surface area contributed by atoms with Crippen molar-refractivity contribution in [3.63, 3.8) is 0 Å². The molecule has 1 saturated heterocycles. The van der Waals surface area contributed by atoms with Crippen LogP contribution < -0.4 is 10.1 Å². The van der Waals surface area contributed by atoms with Gasteiger partial charge in [0.15, 0.2) is 12.4 Å². The van der Waals surface area contributed by atoms with Crippen LogP contribution in [0.15, 0.2) is 51.8 Å². The van der Waals surface area contributed by atoms with Crippen LogP contribution >= 0.6 is 0 Å². The molecule has 2 aromatic rings. The van der Waals surface area contributed by atoms with Gasteiger partial charge >= 0.3 is 6.18 Å². The molecule has 0 saturated carbocycles. The Morgan fingerprint density at radius 3 is 2.59 bits per heavy atom. The van der Waals surface area contributed by atoms with E-state index in [9.17, 15) is 31.6 Å². The van der Waals surface area contributed by atoms with Crippen molar-refractivity contribution < 1.29 is 31.1 Å². The lowest BCUT2D eigenvalue weighted by atomic mass is 9.95. The summed E-state index contributed by atoms with van der Waals surface area (Å²) >= 11 is 0. The number of hydrogen-bond donors (Lipinski definition) is 1. The van der Waals surface area contributed by atoms with E-state index in [1.54, 1.807) is 24.3 Å². The van der Waals surface area contributed by atoms with Crippen molar-refractivity contribution in [1.82, 2.24) is 4.90 Å². The second-order valence-corrected chi connectivity index (χ2v) is 9.44. The normalized spacial score (nSPS) is 17.5. The van der Waals surface area contributed by atoms with E-state index in [1.165, 1.54) is 24.3 Å². The zero-order valence-corrected chi connectivity index (χ0v) is 18.5. The molecule has 8 nitrogen and oxygen atoms in total. The molecule has 0 aliphatic carbocycles. The molecule has 0 atom stereocenters. The van der Waals surface area contributed by atoms with E-state index in [0.717, 1.165) is 0 Å². The molecule has 0 unspecified atom stereocenters. The minimum absolute atomic E-state index is 0.129. The zero-order valence-electron chi connectivity index (χ0n) is 17.7. The summed E-state index contributed by atoms with van der Waals surface area (Å²) in [7, 11) is -3.73. The van der Waals surface area contributed by atoms with E-state index in [2.05, 4.69) is 14.5 Å². The van der Waals surface area contributed by atoms with Crippen molar-refractivity contribution in [1.29, 1.82) is 5.26 Å². The van der Waals surface area contributed by atoms with Crippen molar-refractivity contribution >= 4 is 27.5 Å². The first-order chi connectivity index (χ1) is 16.1. The van der Waals surface area contributed by atoms with E-state index >= 15 is 0 Å². The Hall–Kier alpha value is -3.59. The molecule has 0 spiro atoms. The van der Waals surface area contributed by atoms with Gasteiger partial charge in [-0.05, 0) is 43.2 Å². The fourth-order valence-electron chi connectivity index (χ4n) is 3.89. The van der Waals surface area contributed by atoms with Gasteiger partial charge in [0.05, 0.1) is 5.56 Å². The molecule has 2 heterocycles. The first-order valence-electron chi connectivity index (χ1n) is 10.3. The van der Waals surface area contributed by atoms with E-state index in [-0.39, 0.29) is 33.7 Å². The number of amidine groups is 1. The highest BCUT2D eigenvalue weighted by Gasteiger charge is 2.34. The van der Waals surface area contributed by atoms with Crippen molar-refractivity contribution in [3.05, 3.63) is 53.6 Å². The van der Waals surface area contributed by atoms with Gasteiger partial charge in [-0.3, -0.25) is 4.79 Å². The summed E-state index contributed by atoms with van der Waals surface area (Å²) in [5, 5.41) is 11.9. The fourth-order valence-corrected chi connectivity index (χ4v) is 5.12. The lowest BCUT2D eigenvalue weighted by molar-refractivity contribution is -0.153. The molecule has 2 aliphatic rings. The maximum Gasteiger partial charge on any atom is 0.422 e. The first kappa shape index (κ1) is 23.6. The van der Waals surface area contributed by atoms with Crippen molar-refractivity contribution in [3.8, 4) is 11.8 Å². The van der Waals surface area contributed by atoms with E-state index in [0.29, 0.717) is 37.3 Å². The molecule has 178 valence electrons. The fraction of sp³-hybridized carbons (Fsp3) is 0.318. The average Bonchev–Trinajstić information content (AvgIpc) is 3.08. The molecule has 1 amide bonds. The van der Waals surface area contributed by atoms with E-state index < -0.39 is 22.8 Å². The number of nitriles is 1. The third-order valence-electron chi connectivity index (χ3n) is 5.54. The highest BCUT2D eigenvalue weighted by molar-refractivity contribution is 7.90. The number of carbonyl (C=O) groups excluding carboxylic acids is 1. The number of hydrogen-bond acceptors (Lipinski definition) is 6. The van der Waals surface area contributed by atoms with Crippen LogP contribution in [0.1, 0.15) is 24.0 Å². The lowest BCUT2D eigenvalue weighted by Crippen LogP contribution is -2.41. The average molecular weight is 492 g/mol. The number of likely N-dealkylation sites (tertiary alicyclic amines) is 1. The number of piperidine rings is 1. The Balaban J connectivity index is 1.38. The predicted molar refractivity (Wildman–Crippen MR) is 116 cm³/mol. The summed E-state index contributed by atoms with van der Waals surface area (Å²) in [5.74, 6) is -0.507. The third-order valence-corrected chi connectivity index (χ3v) is 6.86. The number of carbonyl (C=O) groups is 1. The number of halogens is 3. The number of sulfonamides is 1. The maximum atomic E-state index is 12.7. The topological polar surface area (TPSA) is 112 Å². The predicted octanol–water partition coefficient (Wildman–Crippen LogP) is 3.30. The number of anilines is 1. The van der Waals surface area contributed by atoms with Crippen LogP contribution in [-0.2, 0) is 14.8 Å². The summed E-state index contributed by atoms with van der Waals surface area (Å²) in [6.07, 6.45) is -3.64.